The molecular formula is C15H17N5. The van der Waals surface area contributed by atoms with Crippen molar-refractivity contribution in [3.05, 3.63) is 48.3 Å². The van der Waals surface area contributed by atoms with Crippen molar-refractivity contribution < 1.29 is 0 Å². The van der Waals surface area contributed by atoms with Gasteiger partial charge < -0.3 is 10.6 Å². The second-order valence-electron chi connectivity index (χ2n) is 4.29. The maximum atomic E-state index is 8.49. The number of rotatable bonds is 7. The van der Waals surface area contributed by atoms with Crippen molar-refractivity contribution in [1.82, 2.24) is 9.97 Å². The number of anilines is 2. The average molecular weight is 267 g/mol. The smallest absolute Gasteiger partial charge is 0.131 e. The molecule has 1 heterocycles. The van der Waals surface area contributed by atoms with Crippen LogP contribution in [0.5, 0.6) is 0 Å². The molecule has 20 heavy (non-hydrogen) atoms. The van der Waals surface area contributed by atoms with E-state index in [2.05, 4.69) is 38.8 Å². The summed E-state index contributed by atoms with van der Waals surface area (Å²) in [5.74, 6) is 1.52. The molecule has 0 aliphatic heterocycles. The lowest BCUT2D eigenvalue weighted by Gasteiger charge is -2.07. The Morgan fingerprint density at radius 2 is 1.70 bits per heavy atom. The van der Waals surface area contributed by atoms with Crippen molar-refractivity contribution in [3.8, 4) is 6.07 Å². The molecule has 2 rings (SSSR count). The van der Waals surface area contributed by atoms with E-state index in [1.807, 2.05) is 24.3 Å². The van der Waals surface area contributed by atoms with Gasteiger partial charge >= 0.3 is 0 Å². The highest BCUT2D eigenvalue weighted by Crippen LogP contribution is 2.09. The van der Waals surface area contributed by atoms with Gasteiger partial charge in [0.05, 0.1) is 12.5 Å². The maximum Gasteiger partial charge on any atom is 0.131 e. The van der Waals surface area contributed by atoms with E-state index in [-0.39, 0.29) is 0 Å². The molecule has 0 bridgehead atoms. The fourth-order valence-electron chi connectivity index (χ4n) is 1.78. The summed E-state index contributed by atoms with van der Waals surface area (Å²) in [6.07, 6.45) is 2.92. The Morgan fingerprint density at radius 1 is 1.00 bits per heavy atom. The lowest BCUT2D eigenvalue weighted by atomic mass is 10.1. The van der Waals surface area contributed by atoms with Crippen molar-refractivity contribution >= 4 is 11.6 Å². The first-order valence-electron chi connectivity index (χ1n) is 6.59. The molecule has 1 aromatic heterocycles. The molecule has 0 spiro atoms. The SMILES string of the molecule is N#CCCNc1cc(NCCc2ccccc2)ncn1. The van der Waals surface area contributed by atoms with Crippen LogP contribution in [0.3, 0.4) is 0 Å². The molecule has 102 valence electrons. The van der Waals surface area contributed by atoms with Gasteiger partial charge in [0.15, 0.2) is 0 Å². The third kappa shape index (κ3) is 4.58. The molecule has 0 amide bonds. The van der Waals surface area contributed by atoms with Crippen molar-refractivity contribution in [2.75, 3.05) is 23.7 Å². The summed E-state index contributed by atoms with van der Waals surface area (Å²) in [5.41, 5.74) is 1.29. The fraction of sp³-hybridized carbons (Fsp3) is 0.267. The van der Waals surface area contributed by atoms with E-state index in [9.17, 15) is 0 Å². The van der Waals surface area contributed by atoms with Gasteiger partial charge in [-0.3, -0.25) is 0 Å². The quantitative estimate of drug-likeness (QED) is 0.754. The van der Waals surface area contributed by atoms with Gasteiger partial charge in [-0.15, -0.1) is 0 Å². The topological polar surface area (TPSA) is 73.6 Å². The molecule has 0 radical (unpaired) electrons. The molecule has 0 aliphatic rings. The second kappa shape index (κ2) is 7.74. The summed E-state index contributed by atoms with van der Waals surface area (Å²) in [6.45, 7) is 1.41. The Bertz CT molecular complexity index is 562. The Kier molecular flexibility index (Phi) is 5.35. The van der Waals surface area contributed by atoms with Crippen LogP contribution in [-0.2, 0) is 6.42 Å². The predicted octanol–water partition coefficient (Wildman–Crippen LogP) is 2.46. The van der Waals surface area contributed by atoms with E-state index in [0.29, 0.717) is 13.0 Å². The molecule has 0 aliphatic carbocycles. The zero-order chi connectivity index (χ0) is 14.0. The standard InChI is InChI=1S/C15H17N5/c16-8-4-9-17-14-11-15(20-12-19-14)18-10-7-13-5-2-1-3-6-13/h1-3,5-6,11-12H,4,7,9-10H2,(H2,17,18,19,20). The summed E-state index contributed by atoms with van der Waals surface area (Å²) >= 11 is 0. The second-order valence-corrected chi connectivity index (χ2v) is 4.29. The van der Waals surface area contributed by atoms with E-state index < -0.39 is 0 Å². The summed E-state index contributed by atoms with van der Waals surface area (Å²) in [4.78, 5) is 8.28. The summed E-state index contributed by atoms with van der Waals surface area (Å²) < 4.78 is 0. The molecule has 0 unspecified atom stereocenters. The average Bonchev–Trinajstić information content (AvgIpc) is 2.49. The number of hydrogen-bond donors (Lipinski definition) is 2. The van der Waals surface area contributed by atoms with Crippen LogP contribution in [0.15, 0.2) is 42.7 Å². The lowest BCUT2D eigenvalue weighted by Crippen LogP contribution is -2.08. The maximum absolute atomic E-state index is 8.49. The Morgan fingerprint density at radius 3 is 2.40 bits per heavy atom. The molecular weight excluding hydrogens is 250 g/mol. The lowest BCUT2D eigenvalue weighted by molar-refractivity contribution is 0.993. The molecule has 0 saturated carbocycles. The highest BCUT2D eigenvalue weighted by molar-refractivity contribution is 5.46. The first-order valence-corrected chi connectivity index (χ1v) is 6.59. The van der Waals surface area contributed by atoms with E-state index >= 15 is 0 Å². The minimum absolute atomic E-state index is 0.459. The van der Waals surface area contributed by atoms with Crippen LogP contribution < -0.4 is 10.6 Å². The molecule has 5 nitrogen and oxygen atoms in total. The van der Waals surface area contributed by atoms with Gasteiger partial charge in [-0.05, 0) is 12.0 Å². The number of nitrogens with zero attached hydrogens (tertiary/aromatic N) is 3. The van der Waals surface area contributed by atoms with Gasteiger partial charge in [0.2, 0.25) is 0 Å². The molecule has 5 heteroatoms. The van der Waals surface area contributed by atoms with Crippen molar-refractivity contribution in [1.29, 1.82) is 5.26 Å². The van der Waals surface area contributed by atoms with Crippen LogP contribution in [0.4, 0.5) is 11.6 Å². The Hall–Kier alpha value is -2.61. The van der Waals surface area contributed by atoms with Gasteiger partial charge in [0.1, 0.15) is 18.0 Å². The van der Waals surface area contributed by atoms with E-state index in [1.165, 1.54) is 11.9 Å². The number of nitriles is 1. The van der Waals surface area contributed by atoms with Crippen LogP contribution in [0.2, 0.25) is 0 Å². The van der Waals surface area contributed by atoms with Gasteiger partial charge in [-0.25, -0.2) is 9.97 Å². The van der Waals surface area contributed by atoms with Gasteiger partial charge in [-0.2, -0.15) is 5.26 Å². The molecule has 1 aromatic carbocycles. The summed E-state index contributed by atoms with van der Waals surface area (Å²) in [6, 6.07) is 14.2. The molecule has 0 saturated heterocycles. The first-order chi connectivity index (χ1) is 9.88. The highest BCUT2D eigenvalue weighted by atomic mass is 15.1. The summed E-state index contributed by atoms with van der Waals surface area (Å²) in [7, 11) is 0. The van der Waals surface area contributed by atoms with Gasteiger partial charge in [0.25, 0.3) is 0 Å². The fourth-order valence-corrected chi connectivity index (χ4v) is 1.78. The van der Waals surface area contributed by atoms with E-state index in [4.69, 9.17) is 5.26 Å². The minimum Gasteiger partial charge on any atom is -0.370 e. The normalized spacial score (nSPS) is 9.75. The zero-order valence-electron chi connectivity index (χ0n) is 11.2. The van der Waals surface area contributed by atoms with Gasteiger partial charge in [0, 0.05) is 19.2 Å². The number of hydrogen-bond acceptors (Lipinski definition) is 5. The van der Waals surface area contributed by atoms with E-state index in [0.717, 1.165) is 24.6 Å². The number of nitrogens with one attached hydrogen (secondary N) is 2. The third-order valence-electron chi connectivity index (χ3n) is 2.77. The minimum atomic E-state index is 0.459. The van der Waals surface area contributed by atoms with Crippen molar-refractivity contribution in [2.45, 2.75) is 12.8 Å². The molecule has 0 atom stereocenters. The van der Waals surface area contributed by atoms with Crippen molar-refractivity contribution in [3.63, 3.8) is 0 Å². The van der Waals surface area contributed by atoms with Crippen LogP contribution in [0.1, 0.15) is 12.0 Å². The van der Waals surface area contributed by atoms with Crippen LogP contribution in [0.25, 0.3) is 0 Å². The zero-order valence-corrected chi connectivity index (χ0v) is 11.2. The highest BCUT2D eigenvalue weighted by Gasteiger charge is 1.98. The first kappa shape index (κ1) is 13.8. The van der Waals surface area contributed by atoms with Gasteiger partial charge in [-0.1, -0.05) is 30.3 Å². The third-order valence-corrected chi connectivity index (χ3v) is 2.77. The molecule has 0 fully saturated rings. The molecule has 2 N–H and O–H groups in total. The van der Waals surface area contributed by atoms with Crippen LogP contribution in [0, 0.1) is 11.3 Å². The monoisotopic (exact) mass is 267 g/mol. The molecule has 2 aromatic rings. The van der Waals surface area contributed by atoms with Crippen molar-refractivity contribution in [2.24, 2.45) is 0 Å². The van der Waals surface area contributed by atoms with Crippen LogP contribution >= 0.6 is 0 Å². The Labute approximate surface area is 118 Å². The number of benzene rings is 1. The van der Waals surface area contributed by atoms with E-state index in [1.54, 1.807) is 0 Å². The van der Waals surface area contributed by atoms with Crippen LogP contribution in [-0.4, -0.2) is 23.1 Å². The number of aromatic nitrogens is 2. The summed E-state index contributed by atoms with van der Waals surface area (Å²) in [5, 5.41) is 14.8. The Balaban J connectivity index is 1.81. The largest absolute Gasteiger partial charge is 0.370 e. The predicted molar refractivity (Wildman–Crippen MR) is 79.4 cm³/mol.